The summed E-state index contributed by atoms with van der Waals surface area (Å²) in [4.78, 5) is 16.3. The van der Waals surface area contributed by atoms with Gasteiger partial charge in [-0.25, -0.2) is 0 Å². The summed E-state index contributed by atoms with van der Waals surface area (Å²) in [5, 5.41) is 9.17. The molecule has 2 aliphatic rings. The van der Waals surface area contributed by atoms with Gasteiger partial charge in [-0.05, 0) is 68.7 Å². The van der Waals surface area contributed by atoms with E-state index in [0.717, 1.165) is 29.8 Å². The van der Waals surface area contributed by atoms with E-state index in [-0.39, 0.29) is 16.7 Å². The highest BCUT2D eigenvalue weighted by Crippen LogP contribution is 2.48. The Morgan fingerprint density at radius 3 is 2.24 bits per heavy atom. The van der Waals surface area contributed by atoms with Crippen LogP contribution in [0.2, 0.25) is 0 Å². The van der Waals surface area contributed by atoms with Crippen molar-refractivity contribution in [3.63, 3.8) is 0 Å². The summed E-state index contributed by atoms with van der Waals surface area (Å²) >= 11 is 5.57. The Labute approximate surface area is 171 Å². The van der Waals surface area contributed by atoms with Crippen molar-refractivity contribution in [2.24, 2.45) is 0 Å². The van der Waals surface area contributed by atoms with Gasteiger partial charge in [-0.1, -0.05) is 17.7 Å². The van der Waals surface area contributed by atoms with E-state index in [1.165, 1.54) is 11.0 Å². The topological polar surface area (TPSA) is 47.3 Å². The van der Waals surface area contributed by atoms with E-state index in [1.54, 1.807) is 11.0 Å². The van der Waals surface area contributed by atoms with Gasteiger partial charge in [-0.2, -0.15) is 18.4 Å². The average molecular weight is 415 g/mol. The van der Waals surface area contributed by atoms with Crippen LogP contribution in [0.25, 0.3) is 0 Å². The van der Waals surface area contributed by atoms with E-state index >= 15 is 0 Å². The van der Waals surface area contributed by atoms with Gasteiger partial charge >= 0.3 is 6.18 Å². The molecular weight excluding hydrogens is 399 g/mol. The number of hydrogen-bond donors (Lipinski definition) is 0. The van der Waals surface area contributed by atoms with Crippen LogP contribution < -0.4 is 9.80 Å². The molecule has 0 N–H and O–H groups in total. The molecule has 2 fully saturated rings. The van der Waals surface area contributed by atoms with Crippen molar-refractivity contribution in [1.82, 2.24) is 0 Å². The smallest absolute Gasteiger partial charge is 0.303 e. The molecule has 2 aromatic carbocycles. The Kier molecular flexibility index (Phi) is 4.39. The van der Waals surface area contributed by atoms with Crippen LogP contribution in [-0.2, 0) is 11.0 Å². The summed E-state index contributed by atoms with van der Waals surface area (Å²) in [5.74, 6) is -0.327. The fraction of sp³-hybridized carbons (Fsp3) is 0.286. The Bertz CT molecular complexity index is 1050. The first-order chi connectivity index (χ1) is 13.7. The summed E-state index contributed by atoms with van der Waals surface area (Å²) in [5.41, 5.74) is -0.629. The van der Waals surface area contributed by atoms with Crippen molar-refractivity contribution in [2.45, 2.75) is 37.9 Å². The van der Waals surface area contributed by atoms with E-state index in [0.29, 0.717) is 12.8 Å². The highest BCUT2D eigenvalue weighted by molar-refractivity contribution is 7.81. The Morgan fingerprint density at radius 2 is 1.72 bits per heavy atom. The lowest BCUT2D eigenvalue weighted by Gasteiger charge is -2.43. The van der Waals surface area contributed by atoms with Gasteiger partial charge in [0.05, 0.1) is 22.9 Å². The van der Waals surface area contributed by atoms with Gasteiger partial charge < -0.3 is 4.90 Å². The number of alkyl halides is 3. The van der Waals surface area contributed by atoms with Crippen molar-refractivity contribution < 1.29 is 18.0 Å². The van der Waals surface area contributed by atoms with Crippen LogP contribution in [-0.4, -0.2) is 16.6 Å². The van der Waals surface area contributed by atoms with Gasteiger partial charge in [0.2, 0.25) is 0 Å². The second-order valence-electron chi connectivity index (χ2n) is 7.32. The van der Waals surface area contributed by atoms with Gasteiger partial charge in [0.25, 0.3) is 5.91 Å². The second-order valence-corrected chi connectivity index (χ2v) is 7.68. The molecule has 1 saturated heterocycles. The molecule has 0 bridgehead atoms. The van der Waals surface area contributed by atoms with E-state index < -0.39 is 22.8 Å². The SMILES string of the molecule is Cc1ccc(N2C(=S)N(c3ccc(C#N)c(C(F)(F)F)c3)C(=O)C23CCC3)cc1. The quantitative estimate of drug-likeness (QED) is 0.652. The number of amides is 1. The molecule has 148 valence electrons. The lowest BCUT2D eigenvalue weighted by molar-refractivity contribution is -0.137. The van der Waals surface area contributed by atoms with Crippen molar-refractivity contribution in [2.75, 3.05) is 9.80 Å². The molecule has 0 radical (unpaired) electrons. The summed E-state index contributed by atoms with van der Waals surface area (Å²) in [6, 6.07) is 12.3. The molecule has 8 heteroatoms. The van der Waals surface area contributed by atoms with Crippen LogP contribution in [0.3, 0.4) is 0 Å². The van der Waals surface area contributed by atoms with Crippen LogP contribution >= 0.6 is 12.2 Å². The third kappa shape index (κ3) is 2.88. The monoisotopic (exact) mass is 415 g/mol. The number of carbonyl (C=O) groups is 1. The fourth-order valence-corrected chi connectivity index (χ4v) is 4.37. The number of halogens is 3. The molecule has 2 aromatic rings. The maximum atomic E-state index is 13.4. The zero-order valence-electron chi connectivity index (χ0n) is 15.5. The summed E-state index contributed by atoms with van der Waals surface area (Å²) in [6.07, 6.45) is -2.71. The molecule has 1 saturated carbocycles. The molecule has 1 aliphatic heterocycles. The summed E-state index contributed by atoms with van der Waals surface area (Å²) in [6.45, 7) is 1.94. The normalized spacial score (nSPS) is 18.2. The highest BCUT2D eigenvalue weighted by Gasteiger charge is 2.59. The third-order valence-corrected chi connectivity index (χ3v) is 5.94. The van der Waals surface area contributed by atoms with Crippen LogP contribution in [0.5, 0.6) is 0 Å². The molecule has 0 atom stereocenters. The molecule has 1 aliphatic carbocycles. The first kappa shape index (κ1) is 19.4. The minimum absolute atomic E-state index is 0.0206. The maximum absolute atomic E-state index is 13.4. The Morgan fingerprint density at radius 1 is 1.10 bits per heavy atom. The van der Waals surface area contributed by atoms with Crippen LogP contribution in [0.1, 0.15) is 36.0 Å². The minimum Gasteiger partial charge on any atom is -0.303 e. The van der Waals surface area contributed by atoms with Crippen molar-refractivity contribution >= 4 is 34.6 Å². The molecule has 0 unspecified atom stereocenters. The first-order valence-electron chi connectivity index (χ1n) is 9.06. The van der Waals surface area contributed by atoms with E-state index in [1.807, 2.05) is 31.2 Å². The number of nitriles is 1. The lowest BCUT2D eigenvalue weighted by atomic mass is 9.75. The first-order valence-corrected chi connectivity index (χ1v) is 9.47. The zero-order valence-corrected chi connectivity index (χ0v) is 16.3. The largest absolute Gasteiger partial charge is 0.417 e. The maximum Gasteiger partial charge on any atom is 0.417 e. The van der Waals surface area contributed by atoms with Gasteiger partial charge in [0.15, 0.2) is 5.11 Å². The summed E-state index contributed by atoms with van der Waals surface area (Å²) in [7, 11) is 0. The van der Waals surface area contributed by atoms with Crippen LogP contribution in [0, 0.1) is 18.3 Å². The lowest BCUT2D eigenvalue weighted by Crippen LogP contribution is -2.55. The number of rotatable bonds is 2. The van der Waals surface area contributed by atoms with E-state index in [2.05, 4.69) is 0 Å². The standard InChI is InChI=1S/C21H16F3N3OS/c1-13-3-6-15(7-4-13)27-19(29)26(18(28)20(27)9-2-10-20)16-8-5-14(12-25)17(11-16)21(22,23)24/h3-8,11H,2,9-10H2,1H3. The molecule has 29 heavy (non-hydrogen) atoms. The number of benzene rings is 2. The molecule has 4 rings (SSSR count). The number of hydrogen-bond acceptors (Lipinski definition) is 3. The molecule has 0 aromatic heterocycles. The van der Waals surface area contributed by atoms with Gasteiger partial charge in [-0.3, -0.25) is 9.69 Å². The van der Waals surface area contributed by atoms with Crippen molar-refractivity contribution in [3.8, 4) is 6.07 Å². The van der Waals surface area contributed by atoms with Crippen molar-refractivity contribution in [3.05, 3.63) is 59.2 Å². The predicted octanol–water partition coefficient (Wildman–Crippen LogP) is 4.95. The second kappa shape index (κ2) is 6.56. The van der Waals surface area contributed by atoms with Gasteiger partial charge in [0.1, 0.15) is 5.54 Å². The van der Waals surface area contributed by atoms with Gasteiger partial charge in [-0.15, -0.1) is 0 Å². The molecule has 1 heterocycles. The highest BCUT2D eigenvalue weighted by atomic mass is 32.1. The average Bonchev–Trinajstić information content (AvgIpc) is 2.88. The minimum atomic E-state index is -4.71. The summed E-state index contributed by atoms with van der Waals surface area (Å²) < 4.78 is 40.2. The van der Waals surface area contributed by atoms with Crippen LogP contribution in [0.15, 0.2) is 42.5 Å². The zero-order chi connectivity index (χ0) is 21.0. The van der Waals surface area contributed by atoms with E-state index in [9.17, 15) is 18.0 Å². The Hall–Kier alpha value is -2.92. The van der Waals surface area contributed by atoms with Crippen LogP contribution in [0.4, 0.5) is 24.5 Å². The number of carbonyl (C=O) groups excluding carboxylic acids is 1. The third-order valence-electron chi connectivity index (χ3n) is 5.57. The Balaban J connectivity index is 1.82. The van der Waals surface area contributed by atoms with E-state index in [4.69, 9.17) is 17.5 Å². The number of nitrogens with zero attached hydrogens (tertiary/aromatic N) is 3. The fourth-order valence-electron chi connectivity index (χ4n) is 3.91. The van der Waals surface area contributed by atoms with Crippen molar-refractivity contribution in [1.29, 1.82) is 5.26 Å². The van der Waals surface area contributed by atoms with Gasteiger partial charge in [0, 0.05) is 5.69 Å². The number of anilines is 2. The number of aryl methyl sites for hydroxylation is 1. The molecule has 4 nitrogen and oxygen atoms in total. The predicted molar refractivity (Wildman–Crippen MR) is 106 cm³/mol. The molecule has 1 spiro atoms. The molecule has 1 amide bonds. The number of thiocarbonyl (C=S) groups is 1. The molecular formula is C21H16F3N3OS.